The van der Waals surface area contributed by atoms with Gasteiger partial charge in [0.15, 0.2) is 0 Å². The van der Waals surface area contributed by atoms with Gasteiger partial charge in [-0.2, -0.15) is 0 Å². The number of anilines is 1. The van der Waals surface area contributed by atoms with Crippen molar-refractivity contribution in [3.63, 3.8) is 0 Å². The molecule has 3 heteroatoms. The third-order valence-corrected chi connectivity index (χ3v) is 1.05. The van der Waals surface area contributed by atoms with Gasteiger partial charge in [-0.15, -0.1) is 12.4 Å². The van der Waals surface area contributed by atoms with Crippen molar-refractivity contribution in [2.24, 2.45) is 0 Å². The number of ether oxygens (including phenoxy) is 1. The Hall–Kier alpha value is -0.890. The van der Waals surface area contributed by atoms with Gasteiger partial charge in [0.25, 0.3) is 0 Å². The zero-order valence-corrected chi connectivity index (χ0v) is 6.52. The second kappa shape index (κ2) is 4.85. The monoisotopic (exact) mass is 178 g/mol. The topological polar surface area (TPSA) is 35.2 Å². The summed E-state index contributed by atoms with van der Waals surface area (Å²) < 4.78 is 40.0. The molecule has 2 nitrogen and oxygen atoms in total. The van der Waals surface area contributed by atoms with Crippen LogP contribution in [-0.2, 0) is 0 Å². The van der Waals surface area contributed by atoms with E-state index in [2.05, 4.69) is 0 Å². The highest BCUT2D eigenvalue weighted by Gasteiger charge is 1.88. The van der Waals surface area contributed by atoms with E-state index < -0.39 is 13.4 Å². The number of hydrogen-bond acceptors (Lipinski definition) is 2. The third kappa shape index (κ3) is 3.14. The van der Waals surface area contributed by atoms with Crippen LogP contribution in [0.5, 0.6) is 5.75 Å². The lowest BCUT2D eigenvalue weighted by atomic mass is 10.3. The molecular weight excluding hydrogens is 162 g/mol. The number of rotatable bonds is 2. The van der Waals surface area contributed by atoms with Crippen molar-refractivity contribution >= 4 is 18.1 Å². The first-order valence-electron chi connectivity index (χ1n) is 5.27. The molecule has 0 aliphatic carbocycles. The van der Waals surface area contributed by atoms with E-state index >= 15 is 0 Å². The van der Waals surface area contributed by atoms with Crippen molar-refractivity contribution in [1.82, 2.24) is 0 Å². The fraction of sp³-hybridized carbons (Fsp3) is 0.250. The standard InChI is InChI=1S/C8H11NO.ClH/c1-2-10-8-5-3-7(9)4-6-8;/h3-6H,2,9H2,1H3;1H/i1D3,2D2;. The summed E-state index contributed by atoms with van der Waals surface area (Å²) in [5, 5.41) is 0. The molecule has 0 aliphatic rings. The smallest absolute Gasteiger partial charge is 0.119 e. The molecule has 0 unspecified atom stereocenters. The van der Waals surface area contributed by atoms with E-state index in [1.54, 1.807) is 0 Å². The number of halogens is 1. The molecule has 0 bridgehead atoms. The summed E-state index contributed by atoms with van der Waals surface area (Å²) in [5.41, 5.74) is 5.91. The van der Waals surface area contributed by atoms with Gasteiger partial charge in [0.2, 0.25) is 0 Å². The van der Waals surface area contributed by atoms with E-state index in [-0.39, 0.29) is 18.2 Å². The second-order valence-corrected chi connectivity index (χ2v) is 1.77. The molecular formula is C8H12ClNO. The molecule has 0 aliphatic heterocycles. The molecule has 0 amide bonds. The van der Waals surface area contributed by atoms with Crippen LogP contribution in [0.15, 0.2) is 24.3 Å². The molecule has 0 atom stereocenters. The van der Waals surface area contributed by atoms with Crippen LogP contribution >= 0.6 is 12.4 Å². The average molecular weight is 179 g/mol. The van der Waals surface area contributed by atoms with Gasteiger partial charge in [0, 0.05) is 9.80 Å². The Morgan fingerprint density at radius 3 is 2.73 bits per heavy atom. The van der Waals surface area contributed by atoms with Crippen LogP contribution < -0.4 is 10.5 Å². The maximum Gasteiger partial charge on any atom is 0.119 e. The maximum absolute atomic E-state index is 7.22. The van der Waals surface area contributed by atoms with Crippen LogP contribution in [0.4, 0.5) is 5.69 Å². The van der Waals surface area contributed by atoms with Crippen molar-refractivity contribution in [2.45, 2.75) is 6.85 Å². The summed E-state index contributed by atoms with van der Waals surface area (Å²) in [6.45, 7) is -5.53. The van der Waals surface area contributed by atoms with Gasteiger partial charge in [-0.3, -0.25) is 0 Å². The normalized spacial score (nSPS) is 17.6. The molecule has 62 valence electrons. The van der Waals surface area contributed by atoms with Crippen molar-refractivity contribution in [3.8, 4) is 5.75 Å². The van der Waals surface area contributed by atoms with E-state index in [9.17, 15) is 0 Å². The van der Waals surface area contributed by atoms with Crippen LogP contribution in [0, 0.1) is 0 Å². The lowest BCUT2D eigenvalue weighted by Crippen LogP contribution is -1.91. The Balaban J connectivity index is 0.00000225. The molecule has 0 fully saturated rings. The van der Waals surface area contributed by atoms with Gasteiger partial charge >= 0.3 is 0 Å². The third-order valence-electron chi connectivity index (χ3n) is 1.05. The van der Waals surface area contributed by atoms with E-state index in [0.717, 1.165) is 0 Å². The number of benzene rings is 1. The Bertz CT molecular complexity index is 337. The highest BCUT2D eigenvalue weighted by Crippen LogP contribution is 2.12. The summed E-state index contributed by atoms with van der Waals surface area (Å²) in [6, 6.07) is 5.84. The predicted molar refractivity (Wildman–Crippen MR) is 49.3 cm³/mol. The van der Waals surface area contributed by atoms with Gasteiger partial charge < -0.3 is 10.5 Å². The summed E-state index contributed by atoms with van der Waals surface area (Å²) in [4.78, 5) is 0. The summed E-state index contributed by atoms with van der Waals surface area (Å²) in [5.74, 6) is 0.130. The first-order chi connectivity index (χ1) is 6.72. The Morgan fingerprint density at radius 2 is 2.18 bits per heavy atom. The minimum absolute atomic E-state index is 0. The molecule has 0 aromatic heterocycles. The Kier molecular flexibility index (Phi) is 1.86. The molecule has 0 radical (unpaired) electrons. The molecule has 0 saturated heterocycles. The van der Waals surface area contributed by atoms with Crippen molar-refractivity contribution in [2.75, 3.05) is 12.3 Å². The molecule has 1 aromatic carbocycles. The minimum atomic E-state index is -2.83. The summed E-state index contributed by atoms with van der Waals surface area (Å²) in [6.07, 6.45) is 0. The zero-order valence-electron chi connectivity index (χ0n) is 10.7. The molecule has 0 spiro atoms. The van der Waals surface area contributed by atoms with E-state index in [4.69, 9.17) is 17.3 Å². The van der Waals surface area contributed by atoms with E-state index in [1.165, 1.54) is 24.3 Å². The van der Waals surface area contributed by atoms with Crippen LogP contribution in [0.2, 0.25) is 0 Å². The molecule has 1 rings (SSSR count). The SMILES string of the molecule is Cl.[2H]C([2H])([2H])C([2H])([2H])Oc1ccc(N)cc1. The second-order valence-electron chi connectivity index (χ2n) is 1.77. The van der Waals surface area contributed by atoms with Crippen LogP contribution in [0.3, 0.4) is 0 Å². The highest BCUT2D eigenvalue weighted by atomic mass is 35.5. The van der Waals surface area contributed by atoms with Gasteiger partial charge in [-0.25, -0.2) is 0 Å². The van der Waals surface area contributed by atoms with Crippen LogP contribution in [0.1, 0.15) is 13.7 Å². The first kappa shape index (κ1) is 4.21. The summed E-state index contributed by atoms with van der Waals surface area (Å²) >= 11 is 0. The molecule has 2 N–H and O–H groups in total. The number of hydrogen-bond donors (Lipinski definition) is 1. The molecule has 0 heterocycles. The molecule has 1 aromatic rings. The van der Waals surface area contributed by atoms with Crippen LogP contribution in [-0.4, -0.2) is 6.56 Å². The van der Waals surface area contributed by atoms with E-state index in [0.29, 0.717) is 5.69 Å². The fourth-order valence-corrected chi connectivity index (χ4v) is 0.595. The largest absolute Gasteiger partial charge is 0.494 e. The Morgan fingerprint density at radius 1 is 1.55 bits per heavy atom. The average Bonchev–Trinajstić information content (AvgIpc) is 2.06. The maximum atomic E-state index is 7.22. The van der Waals surface area contributed by atoms with Crippen molar-refractivity contribution < 1.29 is 11.6 Å². The molecule has 11 heavy (non-hydrogen) atoms. The zero-order chi connectivity index (χ0) is 11.7. The van der Waals surface area contributed by atoms with Crippen LogP contribution in [0.25, 0.3) is 0 Å². The quantitative estimate of drug-likeness (QED) is 0.704. The van der Waals surface area contributed by atoms with Gasteiger partial charge in [-0.1, -0.05) is 0 Å². The first-order valence-corrected chi connectivity index (χ1v) is 2.77. The predicted octanol–water partition coefficient (Wildman–Crippen LogP) is 2.09. The van der Waals surface area contributed by atoms with Gasteiger partial charge in [0.05, 0.1) is 9.30 Å². The summed E-state index contributed by atoms with van der Waals surface area (Å²) in [7, 11) is 0. The van der Waals surface area contributed by atoms with E-state index in [1.807, 2.05) is 0 Å². The minimum Gasteiger partial charge on any atom is -0.494 e. The van der Waals surface area contributed by atoms with Crippen molar-refractivity contribution in [3.05, 3.63) is 24.3 Å². The van der Waals surface area contributed by atoms with Crippen molar-refractivity contribution in [1.29, 1.82) is 0 Å². The molecule has 0 saturated carbocycles. The number of nitrogens with two attached hydrogens (primary N) is 1. The van der Waals surface area contributed by atoms with Gasteiger partial charge in [-0.05, 0) is 31.1 Å². The number of nitrogen functional groups attached to an aromatic ring is 1. The Labute approximate surface area is 79.8 Å². The fourth-order valence-electron chi connectivity index (χ4n) is 0.595. The highest BCUT2D eigenvalue weighted by molar-refractivity contribution is 5.85. The lowest BCUT2D eigenvalue weighted by molar-refractivity contribution is 0.340. The van der Waals surface area contributed by atoms with Gasteiger partial charge in [0.1, 0.15) is 5.75 Å². The lowest BCUT2D eigenvalue weighted by Gasteiger charge is -2.01.